The van der Waals surface area contributed by atoms with Crippen LogP contribution in [0.2, 0.25) is 0 Å². The summed E-state index contributed by atoms with van der Waals surface area (Å²) in [6, 6.07) is 14.3. The van der Waals surface area contributed by atoms with Crippen LogP contribution in [0.1, 0.15) is 13.8 Å². The number of fused-ring (bicyclic) bond motifs is 1. The molecule has 156 valence electrons. The average molecular weight is 435 g/mol. The smallest absolute Gasteiger partial charge is 0.275 e. The lowest BCUT2D eigenvalue weighted by Gasteiger charge is -2.15. The Morgan fingerprint density at radius 1 is 1.14 bits per heavy atom. The molecule has 1 N–H and O–H groups in total. The second-order valence-corrected chi connectivity index (χ2v) is 8.17. The number of nitrogens with zero attached hydrogens (tertiary/aromatic N) is 1. The van der Waals surface area contributed by atoms with Crippen molar-refractivity contribution in [2.24, 2.45) is 0 Å². The SMILES string of the molecule is C=C/C=C(/C=O)OC.CC.CNc1ccc(N2Sc3ccccc3S2(=O)=O)cc1. The average Bonchev–Trinajstić information content (AvgIpc) is 3.05. The van der Waals surface area contributed by atoms with Crippen molar-refractivity contribution in [3.8, 4) is 0 Å². The molecule has 1 aliphatic rings. The second kappa shape index (κ2) is 12.0. The Labute approximate surface area is 177 Å². The molecule has 29 heavy (non-hydrogen) atoms. The number of carbonyl (C=O) groups excluding carboxylic acids is 1. The van der Waals surface area contributed by atoms with Gasteiger partial charge in [0.2, 0.25) is 0 Å². The van der Waals surface area contributed by atoms with Crippen molar-refractivity contribution in [1.82, 2.24) is 0 Å². The van der Waals surface area contributed by atoms with Gasteiger partial charge in [-0.3, -0.25) is 4.79 Å². The van der Waals surface area contributed by atoms with Gasteiger partial charge in [-0.05, 0) is 42.5 Å². The Bertz CT molecular complexity index is 939. The number of sulfonamides is 1. The van der Waals surface area contributed by atoms with E-state index in [4.69, 9.17) is 0 Å². The first-order valence-corrected chi connectivity index (χ1v) is 11.1. The number of nitrogens with one attached hydrogen (secondary N) is 1. The maximum atomic E-state index is 12.4. The maximum absolute atomic E-state index is 12.4. The number of benzene rings is 2. The molecule has 0 saturated carbocycles. The third kappa shape index (κ3) is 6.13. The largest absolute Gasteiger partial charge is 0.493 e. The highest BCUT2D eigenvalue weighted by Gasteiger charge is 2.35. The molecule has 3 rings (SSSR count). The van der Waals surface area contributed by atoms with Gasteiger partial charge < -0.3 is 10.1 Å². The fourth-order valence-corrected chi connectivity index (χ4v) is 5.34. The van der Waals surface area contributed by atoms with Gasteiger partial charge in [0, 0.05) is 24.7 Å². The molecule has 0 aromatic heterocycles. The standard InChI is InChI=1S/C13H12N2O2S2.C6H8O2.C2H6/c1-14-10-6-8-11(9-7-10)15-18-12-4-2-3-5-13(12)19(15,16)17;1-3-4-6(5-7)8-2;1-2/h2-9,14H,1H3;3-5H,1H2,2H3;1-2H3/b;6-4-;. The number of anilines is 2. The quantitative estimate of drug-likeness (QED) is 0.238. The van der Waals surface area contributed by atoms with Gasteiger partial charge in [-0.1, -0.05) is 38.6 Å². The normalized spacial score (nSPS) is 13.7. The molecule has 1 aliphatic heterocycles. The Hall–Kier alpha value is -2.71. The third-order valence-corrected chi connectivity index (χ3v) is 6.96. The summed E-state index contributed by atoms with van der Waals surface area (Å²) in [5.74, 6) is 0.292. The lowest BCUT2D eigenvalue weighted by molar-refractivity contribution is -0.107. The van der Waals surface area contributed by atoms with Gasteiger partial charge in [0.1, 0.15) is 4.90 Å². The van der Waals surface area contributed by atoms with Crippen LogP contribution in [0.5, 0.6) is 0 Å². The second-order valence-electron chi connectivity index (χ2n) is 5.19. The van der Waals surface area contributed by atoms with Crippen molar-refractivity contribution >= 4 is 39.6 Å². The van der Waals surface area contributed by atoms with Gasteiger partial charge in [-0.15, -0.1) is 0 Å². The molecule has 1 heterocycles. The summed E-state index contributed by atoms with van der Waals surface area (Å²) >= 11 is 1.23. The maximum Gasteiger partial charge on any atom is 0.275 e. The molecule has 0 fully saturated rings. The van der Waals surface area contributed by atoms with Crippen LogP contribution in [0.25, 0.3) is 0 Å². The lowest BCUT2D eigenvalue weighted by Crippen LogP contribution is -2.18. The van der Waals surface area contributed by atoms with Crippen molar-refractivity contribution in [3.05, 3.63) is 73.0 Å². The molecule has 0 aliphatic carbocycles. The minimum atomic E-state index is -3.44. The van der Waals surface area contributed by atoms with Gasteiger partial charge in [0.05, 0.1) is 17.7 Å². The molecule has 8 heteroatoms. The first kappa shape index (κ1) is 24.3. The van der Waals surface area contributed by atoms with Crippen LogP contribution < -0.4 is 9.03 Å². The Kier molecular flexibility index (Phi) is 10.1. The summed E-state index contributed by atoms with van der Waals surface area (Å²) in [7, 11) is -0.183. The number of ether oxygens (including phenoxy) is 1. The van der Waals surface area contributed by atoms with E-state index >= 15 is 0 Å². The van der Waals surface area contributed by atoms with E-state index in [2.05, 4.69) is 16.6 Å². The number of carbonyl (C=O) groups is 1. The van der Waals surface area contributed by atoms with Crippen LogP contribution >= 0.6 is 11.9 Å². The number of hydrogen-bond donors (Lipinski definition) is 1. The van der Waals surface area contributed by atoms with E-state index in [-0.39, 0.29) is 0 Å². The molecule has 2 aromatic rings. The zero-order valence-electron chi connectivity index (χ0n) is 17.0. The Morgan fingerprint density at radius 3 is 2.21 bits per heavy atom. The number of hydrogen-bond acceptors (Lipinski definition) is 6. The molecule has 0 saturated heterocycles. The monoisotopic (exact) mass is 434 g/mol. The van der Waals surface area contributed by atoms with Crippen LogP contribution in [0.4, 0.5) is 11.4 Å². The van der Waals surface area contributed by atoms with Crippen LogP contribution in [-0.2, 0) is 19.6 Å². The topological polar surface area (TPSA) is 75.7 Å². The highest BCUT2D eigenvalue weighted by molar-refractivity contribution is 8.17. The number of methoxy groups -OCH3 is 1. The highest BCUT2D eigenvalue weighted by atomic mass is 32.3. The van der Waals surface area contributed by atoms with Crippen LogP contribution in [0.15, 0.2) is 82.8 Å². The van der Waals surface area contributed by atoms with E-state index in [1.807, 2.05) is 45.2 Å². The van der Waals surface area contributed by atoms with E-state index in [1.165, 1.54) is 34.9 Å². The van der Waals surface area contributed by atoms with E-state index in [9.17, 15) is 13.2 Å². The minimum Gasteiger partial charge on any atom is -0.493 e. The molecule has 6 nitrogen and oxygen atoms in total. The van der Waals surface area contributed by atoms with Crippen molar-refractivity contribution in [2.45, 2.75) is 23.6 Å². The summed E-state index contributed by atoms with van der Waals surface area (Å²) in [4.78, 5) is 11.0. The number of rotatable bonds is 5. The first-order valence-electron chi connectivity index (χ1n) is 8.90. The Balaban J connectivity index is 0.000000358. The predicted molar refractivity (Wildman–Crippen MR) is 121 cm³/mol. The lowest BCUT2D eigenvalue weighted by atomic mass is 10.3. The van der Waals surface area contributed by atoms with Crippen molar-refractivity contribution in [2.75, 3.05) is 23.2 Å². The van der Waals surface area contributed by atoms with E-state index in [0.717, 1.165) is 10.6 Å². The zero-order chi connectivity index (χ0) is 21.9. The summed E-state index contributed by atoms with van der Waals surface area (Å²) in [6.07, 6.45) is 3.61. The molecule has 0 bridgehead atoms. The molecule has 0 spiro atoms. The minimum absolute atomic E-state index is 0.292. The summed E-state index contributed by atoms with van der Waals surface area (Å²) in [6.45, 7) is 7.38. The fourth-order valence-electron chi connectivity index (χ4n) is 2.18. The predicted octanol–water partition coefficient (Wildman–Crippen LogP) is 4.87. The van der Waals surface area contributed by atoms with Gasteiger partial charge >= 0.3 is 0 Å². The van der Waals surface area contributed by atoms with Crippen LogP contribution in [0.3, 0.4) is 0 Å². The zero-order valence-corrected chi connectivity index (χ0v) is 18.6. The highest BCUT2D eigenvalue weighted by Crippen LogP contribution is 2.44. The van der Waals surface area contributed by atoms with Crippen LogP contribution in [0, 0.1) is 0 Å². The number of aldehydes is 1. The van der Waals surface area contributed by atoms with Crippen molar-refractivity contribution < 1.29 is 17.9 Å². The fraction of sp³-hybridized carbons (Fsp3) is 0.190. The van der Waals surface area contributed by atoms with E-state index < -0.39 is 10.0 Å². The first-order chi connectivity index (χ1) is 14.0. The van der Waals surface area contributed by atoms with Gasteiger partial charge in [-0.25, -0.2) is 12.1 Å². The summed E-state index contributed by atoms with van der Waals surface area (Å²) in [5, 5.41) is 3.01. The van der Waals surface area contributed by atoms with E-state index in [1.54, 1.807) is 24.3 Å². The molecular formula is C21H26N2O4S2. The van der Waals surface area contributed by atoms with Gasteiger partial charge in [0.25, 0.3) is 10.0 Å². The molecule has 0 atom stereocenters. The molecular weight excluding hydrogens is 408 g/mol. The Morgan fingerprint density at radius 2 is 1.76 bits per heavy atom. The summed E-state index contributed by atoms with van der Waals surface area (Å²) < 4.78 is 30.8. The van der Waals surface area contributed by atoms with Gasteiger partial charge in [-0.2, -0.15) is 0 Å². The molecule has 2 aromatic carbocycles. The van der Waals surface area contributed by atoms with Crippen molar-refractivity contribution in [1.29, 1.82) is 0 Å². The van der Waals surface area contributed by atoms with Crippen LogP contribution in [-0.4, -0.2) is 28.9 Å². The third-order valence-electron chi connectivity index (χ3n) is 3.53. The van der Waals surface area contributed by atoms with Crippen molar-refractivity contribution in [3.63, 3.8) is 0 Å². The number of allylic oxidation sites excluding steroid dienone is 3. The van der Waals surface area contributed by atoms with Gasteiger partial charge in [0.15, 0.2) is 12.0 Å². The van der Waals surface area contributed by atoms with E-state index in [0.29, 0.717) is 22.6 Å². The molecule has 0 amide bonds. The molecule has 0 radical (unpaired) electrons. The molecule has 0 unspecified atom stereocenters. The summed E-state index contributed by atoms with van der Waals surface area (Å²) in [5.41, 5.74) is 1.60.